The number of nitrogens with one attached hydrogen (secondary N) is 2. The van der Waals surface area contributed by atoms with E-state index in [4.69, 9.17) is 5.26 Å². The largest absolute Gasteiger partial charge is 0.325 e. The van der Waals surface area contributed by atoms with Crippen LogP contribution in [-0.4, -0.2) is 34.8 Å². The van der Waals surface area contributed by atoms with Crippen LogP contribution in [-0.2, 0) is 16.0 Å². The van der Waals surface area contributed by atoms with Crippen molar-refractivity contribution in [1.29, 1.82) is 5.26 Å². The molecular formula is C21H20N4O3. The molecule has 0 spiro atoms. The first kappa shape index (κ1) is 19.1. The fourth-order valence-electron chi connectivity index (χ4n) is 3.07. The van der Waals surface area contributed by atoms with Crippen molar-refractivity contribution >= 4 is 23.5 Å². The van der Waals surface area contributed by atoms with E-state index in [2.05, 4.69) is 10.6 Å². The number of aryl methyl sites for hydroxylation is 1. The Hall–Kier alpha value is -3.66. The van der Waals surface area contributed by atoms with Gasteiger partial charge in [0.2, 0.25) is 5.91 Å². The Kier molecular flexibility index (Phi) is 5.41. The number of amides is 4. The van der Waals surface area contributed by atoms with E-state index in [0.29, 0.717) is 24.1 Å². The van der Waals surface area contributed by atoms with E-state index in [-0.39, 0.29) is 6.54 Å². The highest BCUT2D eigenvalue weighted by Gasteiger charge is 2.47. The van der Waals surface area contributed by atoms with Gasteiger partial charge in [-0.15, -0.1) is 0 Å². The Bertz CT molecular complexity index is 934. The second-order valence-corrected chi connectivity index (χ2v) is 6.88. The standard InChI is InChI=1S/C21H20N4O3/c1-21(12-11-15-5-3-2-4-6-15)19(27)25(20(28)24-21)14-18(26)23-17-9-7-16(13-22)8-10-17/h2-10H,11-12,14H2,1H3,(H,23,26)(H,24,28)/t21-/m1/s1. The number of rotatable bonds is 6. The SMILES string of the molecule is C[C@]1(CCc2ccccc2)NC(=O)N(CC(=O)Nc2ccc(C#N)cc2)C1=O. The fraction of sp³-hybridized carbons (Fsp3) is 0.238. The van der Waals surface area contributed by atoms with E-state index in [0.717, 1.165) is 10.5 Å². The number of hydrogen-bond acceptors (Lipinski definition) is 4. The minimum absolute atomic E-state index is 0.369. The van der Waals surface area contributed by atoms with Crippen molar-refractivity contribution in [2.45, 2.75) is 25.3 Å². The van der Waals surface area contributed by atoms with Gasteiger partial charge < -0.3 is 10.6 Å². The van der Waals surface area contributed by atoms with E-state index < -0.39 is 23.4 Å². The van der Waals surface area contributed by atoms with Crippen LogP contribution in [0.25, 0.3) is 0 Å². The number of imide groups is 1. The van der Waals surface area contributed by atoms with Gasteiger partial charge in [-0.3, -0.25) is 14.5 Å². The normalized spacial score (nSPS) is 18.5. The summed E-state index contributed by atoms with van der Waals surface area (Å²) in [6, 6.07) is 17.4. The Morgan fingerprint density at radius 2 is 1.82 bits per heavy atom. The third-order valence-electron chi connectivity index (χ3n) is 4.70. The summed E-state index contributed by atoms with van der Waals surface area (Å²) in [5, 5.41) is 14.1. The molecule has 0 radical (unpaired) electrons. The molecule has 1 heterocycles. The van der Waals surface area contributed by atoms with E-state index in [1.807, 2.05) is 36.4 Å². The summed E-state index contributed by atoms with van der Waals surface area (Å²) in [6.07, 6.45) is 1.07. The average molecular weight is 376 g/mol. The number of benzene rings is 2. The van der Waals surface area contributed by atoms with Crippen LogP contribution in [0.3, 0.4) is 0 Å². The molecular weight excluding hydrogens is 356 g/mol. The zero-order valence-corrected chi connectivity index (χ0v) is 15.4. The van der Waals surface area contributed by atoms with Gasteiger partial charge in [-0.2, -0.15) is 5.26 Å². The smallest absolute Gasteiger partial charge is 0.325 e. The quantitative estimate of drug-likeness (QED) is 0.756. The first-order valence-electron chi connectivity index (χ1n) is 8.89. The summed E-state index contributed by atoms with van der Waals surface area (Å²) in [4.78, 5) is 38.2. The molecule has 0 aromatic heterocycles. The maximum atomic E-state index is 12.8. The molecule has 28 heavy (non-hydrogen) atoms. The Morgan fingerprint density at radius 1 is 1.14 bits per heavy atom. The molecule has 142 valence electrons. The molecule has 2 aromatic carbocycles. The van der Waals surface area contributed by atoms with E-state index in [1.54, 1.807) is 31.2 Å². The highest BCUT2D eigenvalue weighted by atomic mass is 16.2. The van der Waals surface area contributed by atoms with E-state index in [1.165, 1.54) is 0 Å². The Balaban J connectivity index is 1.60. The second kappa shape index (κ2) is 7.92. The molecule has 0 saturated carbocycles. The van der Waals surface area contributed by atoms with Crippen molar-refractivity contribution in [3.63, 3.8) is 0 Å². The summed E-state index contributed by atoms with van der Waals surface area (Å²) < 4.78 is 0. The molecule has 2 aromatic rings. The van der Waals surface area contributed by atoms with Crippen LogP contribution in [0.4, 0.5) is 10.5 Å². The van der Waals surface area contributed by atoms with Crippen LogP contribution < -0.4 is 10.6 Å². The predicted molar refractivity (Wildman–Crippen MR) is 103 cm³/mol. The topological polar surface area (TPSA) is 102 Å². The van der Waals surface area contributed by atoms with E-state index in [9.17, 15) is 14.4 Å². The maximum absolute atomic E-state index is 12.8. The molecule has 1 saturated heterocycles. The lowest BCUT2D eigenvalue weighted by atomic mass is 9.93. The molecule has 4 amide bonds. The molecule has 1 atom stereocenters. The molecule has 1 aliphatic heterocycles. The van der Waals surface area contributed by atoms with Gasteiger partial charge in [0, 0.05) is 5.69 Å². The van der Waals surface area contributed by atoms with Gasteiger partial charge in [-0.05, 0) is 49.6 Å². The minimum Gasteiger partial charge on any atom is -0.325 e. The van der Waals surface area contributed by atoms with Crippen LogP contribution in [0.15, 0.2) is 54.6 Å². The van der Waals surface area contributed by atoms with Gasteiger partial charge in [0.15, 0.2) is 0 Å². The Morgan fingerprint density at radius 3 is 2.46 bits per heavy atom. The van der Waals surface area contributed by atoms with Crippen molar-refractivity contribution in [3.8, 4) is 6.07 Å². The third kappa shape index (κ3) is 4.18. The van der Waals surface area contributed by atoms with E-state index >= 15 is 0 Å². The van der Waals surface area contributed by atoms with Crippen molar-refractivity contribution in [1.82, 2.24) is 10.2 Å². The molecule has 0 bridgehead atoms. The predicted octanol–water partition coefficient (Wildman–Crippen LogP) is 2.44. The average Bonchev–Trinajstić information content (AvgIpc) is 2.91. The monoisotopic (exact) mass is 376 g/mol. The molecule has 7 nitrogen and oxygen atoms in total. The zero-order valence-electron chi connectivity index (χ0n) is 15.4. The summed E-state index contributed by atoms with van der Waals surface area (Å²) in [5.74, 6) is -0.899. The number of nitriles is 1. The van der Waals surface area contributed by atoms with Crippen molar-refractivity contribution < 1.29 is 14.4 Å². The fourth-order valence-corrected chi connectivity index (χ4v) is 3.07. The number of nitrogens with zero attached hydrogens (tertiary/aromatic N) is 2. The van der Waals surface area contributed by atoms with Gasteiger partial charge in [-0.25, -0.2) is 4.79 Å². The van der Waals surface area contributed by atoms with Crippen molar-refractivity contribution in [2.24, 2.45) is 0 Å². The summed E-state index contributed by atoms with van der Waals surface area (Å²) >= 11 is 0. The number of urea groups is 1. The van der Waals surface area contributed by atoms with Crippen LogP contribution >= 0.6 is 0 Å². The molecule has 3 rings (SSSR count). The lowest BCUT2D eigenvalue weighted by Gasteiger charge is -2.21. The molecule has 7 heteroatoms. The first-order valence-corrected chi connectivity index (χ1v) is 8.89. The number of carbonyl (C=O) groups excluding carboxylic acids is 3. The van der Waals surface area contributed by atoms with Gasteiger partial charge in [-0.1, -0.05) is 30.3 Å². The first-order chi connectivity index (χ1) is 13.4. The molecule has 1 fully saturated rings. The lowest BCUT2D eigenvalue weighted by molar-refractivity contribution is -0.133. The third-order valence-corrected chi connectivity index (χ3v) is 4.70. The number of anilines is 1. The second-order valence-electron chi connectivity index (χ2n) is 6.88. The highest BCUT2D eigenvalue weighted by molar-refractivity contribution is 6.09. The summed E-state index contributed by atoms with van der Waals surface area (Å²) in [5.41, 5.74) is 0.994. The van der Waals surface area contributed by atoms with Gasteiger partial charge in [0.1, 0.15) is 12.1 Å². The lowest BCUT2D eigenvalue weighted by Crippen LogP contribution is -2.45. The van der Waals surface area contributed by atoms with Crippen molar-refractivity contribution in [3.05, 3.63) is 65.7 Å². The number of carbonyl (C=O) groups is 3. The summed E-state index contributed by atoms with van der Waals surface area (Å²) in [6.45, 7) is 1.31. The van der Waals surface area contributed by atoms with Crippen LogP contribution in [0.5, 0.6) is 0 Å². The summed E-state index contributed by atoms with van der Waals surface area (Å²) in [7, 11) is 0. The zero-order chi connectivity index (χ0) is 20.1. The number of hydrogen-bond donors (Lipinski definition) is 2. The van der Waals surface area contributed by atoms with Gasteiger partial charge in [0.05, 0.1) is 11.6 Å². The van der Waals surface area contributed by atoms with Gasteiger partial charge >= 0.3 is 6.03 Å². The van der Waals surface area contributed by atoms with Crippen molar-refractivity contribution in [2.75, 3.05) is 11.9 Å². The molecule has 0 aliphatic carbocycles. The molecule has 0 unspecified atom stereocenters. The minimum atomic E-state index is -1.04. The molecule has 1 aliphatic rings. The van der Waals surface area contributed by atoms with Crippen LogP contribution in [0, 0.1) is 11.3 Å². The van der Waals surface area contributed by atoms with Crippen LogP contribution in [0.2, 0.25) is 0 Å². The molecule has 2 N–H and O–H groups in total. The highest BCUT2D eigenvalue weighted by Crippen LogP contribution is 2.23. The van der Waals surface area contributed by atoms with Gasteiger partial charge in [0.25, 0.3) is 5.91 Å². The van der Waals surface area contributed by atoms with Crippen LogP contribution in [0.1, 0.15) is 24.5 Å². The maximum Gasteiger partial charge on any atom is 0.325 e. The Labute approximate surface area is 163 Å².